The average Bonchev–Trinajstić information content (AvgIpc) is 3.06. The first kappa shape index (κ1) is 19.9. The van der Waals surface area contributed by atoms with E-state index < -0.39 is 0 Å². The molecule has 0 atom stereocenters. The smallest absolute Gasteiger partial charge is 0.234 e. The second-order valence-corrected chi connectivity index (χ2v) is 7.40. The molecule has 0 saturated carbocycles. The maximum absolute atomic E-state index is 12.2. The van der Waals surface area contributed by atoms with Crippen LogP contribution in [-0.4, -0.2) is 26.4 Å². The quantitative estimate of drug-likeness (QED) is 0.577. The minimum absolute atomic E-state index is 0.0742. The Bertz CT molecular complexity index is 921. The van der Waals surface area contributed by atoms with Gasteiger partial charge in [0.25, 0.3) is 0 Å². The molecule has 0 aliphatic carbocycles. The number of carbonyl (C=O) groups excluding carboxylic acids is 1. The predicted molar refractivity (Wildman–Crippen MR) is 112 cm³/mol. The summed E-state index contributed by atoms with van der Waals surface area (Å²) >= 11 is 1.37. The Balaban J connectivity index is 1.59. The first-order chi connectivity index (χ1) is 13.5. The van der Waals surface area contributed by atoms with Crippen LogP contribution in [0.25, 0.3) is 0 Å². The van der Waals surface area contributed by atoms with Crippen molar-refractivity contribution in [2.45, 2.75) is 39.1 Å². The highest BCUT2D eigenvalue weighted by atomic mass is 32.2. The number of ether oxygens (including phenoxy) is 1. The van der Waals surface area contributed by atoms with Crippen LogP contribution in [0.5, 0.6) is 5.75 Å². The van der Waals surface area contributed by atoms with Crippen molar-refractivity contribution in [3.05, 3.63) is 65.5 Å². The number of rotatable bonds is 8. The summed E-state index contributed by atoms with van der Waals surface area (Å²) in [6.07, 6.45) is 0. The van der Waals surface area contributed by atoms with Crippen molar-refractivity contribution >= 4 is 23.4 Å². The molecule has 7 heteroatoms. The Morgan fingerprint density at radius 1 is 1.11 bits per heavy atom. The third-order valence-electron chi connectivity index (χ3n) is 4.06. The highest BCUT2D eigenvalue weighted by Crippen LogP contribution is 2.20. The molecule has 6 nitrogen and oxygen atoms in total. The van der Waals surface area contributed by atoms with E-state index in [1.807, 2.05) is 67.8 Å². The number of thioether (sulfide) groups is 1. The van der Waals surface area contributed by atoms with E-state index >= 15 is 0 Å². The number of benzene rings is 2. The number of para-hydroxylation sites is 1. The molecule has 2 aromatic carbocycles. The van der Waals surface area contributed by atoms with Crippen molar-refractivity contribution in [3.8, 4) is 5.75 Å². The molecule has 0 bridgehead atoms. The van der Waals surface area contributed by atoms with Crippen LogP contribution in [0.4, 0.5) is 5.69 Å². The molecular formula is C21H24N4O2S. The van der Waals surface area contributed by atoms with Crippen molar-refractivity contribution in [2.75, 3.05) is 11.1 Å². The van der Waals surface area contributed by atoms with Crippen LogP contribution < -0.4 is 10.1 Å². The maximum Gasteiger partial charge on any atom is 0.234 e. The van der Waals surface area contributed by atoms with Crippen LogP contribution in [0, 0.1) is 13.8 Å². The lowest BCUT2D eigenvalue weighted by Gasteiger charge is -2.10. The molecule has 28 heavy (non-hydrogen) atoms. The molecular weight excluding hydrogens is 372 g/mol. The number of aromatic nitrogens is 3. The topological polar surface area (TPSA) is 69.0 Å². The van der Waals surface area contributed by atoms with Gasteiger partial charge in [0.15, 0.2) is 11.0 Å². The molecule has 0 spiro atoms. The van der Waals surface area contributed by atoms with E-state index in [1.165, 1.54) is 11.8 Å². The number of hydrogen-bond donors (Lipinski definition) is 1. The molecule has 3 aromatic rings. The van der Waals surface area contributed by atoms with Gasteiger partial charge in [0.2, 0.25) is 5.91 Å². The maximum atomic E-state index is 12.2. The van der Waals surface area contributed by atoms with Gasteiger partial charge in [-0.3, -0.25) is 4.79 Å². The number of amides is 1. The van der Waals surface area contributed by atoms with Crippen molar-refractivity contribution in [1.82, 2.24) is 14.8 Å². The molecule has 1 N–H and O–H groups in total. The summed E-state index contributed by atoms with van der Waals surface area (Å²) in [6.45, 7) is 7.16. The lowest BCUT2D eigenvalue weighted by Crippen LogP contribution is -2.14. The minimum Gasteiger partial charge on any atom is -0.486 e. The number of nitrogens with one attached hydrogen (secondary N) is 1. The van der Waals surface area contributed by atoms with Crippen molar-refractivity contribution in [3.63, 3.8) is 0 Å². The molecule has 3 rings (SSSR count). The fourth-order valence-corrected chi connectivity index (χ4v) is 3.68. The summed E-state index contributed by atoms with van der Waals surface area (Å²) in [5.41, 5.74) is 3.10. The Kier molecular flexibility index (Phi) is 6.71. The molecule has 0 saturated heterocycles. The fourth-order valence-electron chi connectivity index (χ4n) is 2.86. The van der Waals surface area contributed by atoms with Crippen LogP contribution in [0.3, 0.4) is 0 Å². The molecule has 0 unspecified atom stereocenters. The molecule has 0 radical (unpaired) electrons. The van der Waals surface area contributed by atoms with Crippen molar-refractivity contribution < 1.29 is 9.53 Å². The number of nitrogens with zero attached hydrogens (tertiary/aromatic N) is 3. The predicted octanol–water partition coefficient (Wildman–Crippen LogP) is 4.22. The SMILES string of the molecule is CCn1c(COc2cc(C)cc(C)c2)nnc1SCC(=O)Nc1ccccc1. The molecule has 146 valence electrons. The van der Waals surface area contributed by atoms with E-state index in [0.29, 0.717) is 18.3 Å². The summed E-state index contributed by atoms with van der Waals surface area (Å²) in [5.74, 6) is 1.76. The largest absolute Gasteiger partial charge is 0.486 e. The van der Waals surface area contributed by atoms with Gasteiger partial charge in [-0.25, -0.2) is 0 Å². The standard InChI is InChI=1S/C21H24N4O2S/c1-4-25-19(13-27-18-11-15(2)10-16(3)12-18)23-24-21(25)28-14-20(26)22-17-8-6-5-7-9-17/h5-12H,4,13-14H2,1-3H3,(H,22,26). The molecule has 0 aliphatic rings. The van der Waals surface area contributed by atoms with E-state index in [1.54, 1.807) is 0 Å². The van der Waals surface area contributed by atoms with Gasteiger partial charge < -0.3 is 14.6 Å². The van der Waals surface area contributed by atoms with Gasteiger partial charge in [-0.1, -0.05) is 36.0 Å². The Hall–Kier alpha value is -2.80. The van der Waals surface area contributed by atoms with Gasteiger partial charge >= 0.3 is 0 Å². The Morgan fingerprint density at radius 2 is 1.82 bits per heavy atom. The minimum atomic E-state index is -0.0742. The van der Waals surface area contributed by atoms with Gasteiger partial charge in [0.1, 0.15) is 12.4 Å². The van der Waals surface area contributed by atoms with Crippen LogP contribution in [0.1, 0.15) is 23.9 Å². The van der Waals surface area contributed by atoms with Crippen molar-refractivity contribution in [1.29, 1.82) is 0 Å². The number of hydrogen-bond acceptors (Lipinski definition) is 5. The summed E-state index contributed by atoms with van der Waals surface area (Å²) in [6, 6.07) is 15.5. The summed E-state index contributed by atoms with van der Waals surface area (Å²) in [7, 11) is 0. The van der Waals surface area contributed by atoms with E-state index in [2.05, 4.69) is 21.6 Å². The van der Waals surface area contributed by atoms with E-state index in [0.717, 1.165) is 28.4 Å². The molecule has 0 fully saturated rings. The molecule has 1 amide bonds. The lowest BCUT2D eigenvalue weighted by molar-refractivity contribution is -0.113. The fraction of sp³-hybridized carbons (Fsp3) is 0.286. The summed E-state index contributed by atoms with van der Waals surface area (Å²) < 4.78 is 7.88. The first-order valence-electron chi connectivity index (χ1n) is 9.16. The third-order valence-corrected chi connectivity index (χ3v) is 5.03. The Labute approximate surface area is 169 Å². The van der Waals surface area contributed by atoms with E-state index in [9.17, 15) is 4.79 Å². The van der Waals surface area contributed by atoms with E-state index in [-0.39, 0.29) is 11.7 Å². The number of anilines is 1. The highest BCUT2D eigenvalue weighted by molar-refractivity contribution is 7.99. The van der Waals surface area contributed by atoms with Gasteiger partial charge in [0, 0.05) is 12.2 Å². The lowest BCUT2D eigenvalue weighted by atomic mass is 10.1. The second kappa shape index (κ2) is 9.41. The van der Waals surface area contributed by atoms with Crippen LogP contribution in [0.15, 0.2) is 53.7 Å². The molecule has 0 aliphatic heterocycles. The van der Waals surface area contributed by atoms with Gasteiger partial charge in [-0.05, 0) is 56.2 Å². The zero-order valence-corrected chi connectivity index (χ0v) is 17.1. The summed E-state index contributed by atoms with van der Waals surface area (Å²) in [5, 5.41) is 12.1. The molecule has 1 heterocycles. The number of carbonyl (C=O) groups is 1. The van der Waals surface area contributed by atoms with E-state index in [4.69, 9.17) is 4.74 Å². The van der Waals surface area contributed by atoms with Gasteiger partial charge in [-0.2, -0.15) is 0 Å². The normalized spacial score (nSPS) is 10.7. The monoisotopic (exact) mass is 396 g/mol. The summed E-state index contributed by atoms with van der Waals surface area (Å²) in [4.78, 5) is 12.2. The third kappa shape index (κ3) is 5.36. The Morgan fingerprint density at radius 3 is 2.50 bits per heavy atom. The zero-order chi connectivity index (χ0) is 19.9. The average molecular weight is 397 g/mol. The van der Waals surface area contributed by atoms with Crippen LogP contribution in [-0.2, 0) is 17.9 Å². The van der Waals surface area contributed by atoms with Crippen molar-refractivity contribution in [2.24, 2.45) is 0 Å². The second-order valence-electron chi connectivity index (χ2n) is 6.46. The number of aryl methyl sites for hydroxylation is 2. The molecule has 1 aromatic heterocycles. The van der Waals surface area contributed by atoms with Gasteiger partial charge in [-0.15, -0.1) is 10.2 Å². The van der Waals surface area contributed by atoms with Gasteiger partial charge in [0.05, 0.1) is 5.75 Å². The van der Waals surface area contributed by atoms with Crippen LogP contribution in [0.2, 0.25) is 0 Å². The highest BCUT2D eigenvalue weighted by Gasteiger charge is 2.14. The first-order valence-corrected chi connectivity index (χ1v) is 10.1. The van der Waals surface area contributed by atoms with Crippen LogP contribution >= 0.6 is 11.8 Å². The zero-order valence-electron chi connectivity index (χ0n) is 16.3.